The summed E-state index contributed by atoms with van der Waals surface area (Å²) in [5, 5.41) is 0. The fourth-order valence-electron chi connectivity index (χ4n) is 2.70. The lowest BCUT2D eigenvalue weighted by atomic mass is 9.79. The van der Waals surface area contributed by atoms with Crippen LogP contribution in [0.1, 0.15) is 26.3 Å². The molecule has 0 radical (unpaired) electrons. The maximum Gasteiger partial charge on any atom is 0.509 e. The van der Waals surface area contributed by atoms with Crippen molar-refractivity contribution in [3.8, 4) is 0 Å². The molecule has 0 bridgehead atoms. The van der Waals surface area contributed by atoms with Gasteiger partial charge in [-0.3, -0.25) is 4.90 Å². The molecule has 1 aliphatic rings. The normalized spacial score (nSPS) is 16.8. The van der Waals surface area contributed by atoms with E-state index in [0.29, 0.717) is 38.3 Å². The van der Waals surface area contributed by atoms with Gasteiger partial charge in [-0.25, -0.2) is 4.79 Å². The van der Waals surface area contributed by atoms with Crippen LogP contribution in [0.5, 0.6) is 0 Å². The lowest BCUT2D eigenvalue weighted by Crippen LogP contribution is -2.49. The van der Waals surface area contributed by atoms with E-state index < -0.39 is 18.0 Å². The predicted octanol–water partition coefficient (Wildman–Crippen LogP) is 2.38. The first kappa shape index (κ1) is 19.4. The van der Waals surface area contributed by atoms with Crippen LogP contribution in [0.2, 0.25) is 0 Å². The summed E-state index contributed by atoms with van der Waals surface area (Å²) >= 11 is 0. The van der Waals surface area contributed by atoms with Gasteiger partial charge in [0.2, 0.25) is 0 Å². The molecule has 9 heteroatoms. The molecular formula is C16H24BF3N3O2-. The molecule has 2 N–H and O–H groups in total. The van der Waals surface area contributed by atoms with Gasteiger partial charge in [0.05, 0.1) is 0 Å². The van der Waals surface area contributed by atoms with Gasteiger partial charge in [0.25, 0.3) is 0 Å². The lowest BCUT2D eigenvalue weighted by Gasteiger charge is -2.35. The van der Waals surface area contributed by atoms with Gasteiger partial charge in [-0.15, -0.1) is 5.46 Å². The minimum atomic E-state index is -5.07. The van der Waals surface area contributed by atoms with Gasteiger partial charge in [0.1, 0.15) is 5.60 Å². The van der Waals surface area contributed by atoms with Crippen LogP contribution >= 0.6 is 0 Å². The fourth-order valence-corrected chi connectivity index (χ4v) is 2.70. The molecule has 2 rings (SSSR count). The number of nitrogens with two attached hydrogens (primary N) is 1. The lowest BCUT2D eigenvalue weighted by molar-refractivity contribution is 0.0139. The topological polar surface area (TPSA) is 58.8 Å². The molecule has 0 atom stereocenters. The number of anilines is 1. The van der Waals surface area contributed by atoms with Crippen molar-refractivity contribution in [3.05, 3.63) is 23.8 Å². The largest absolute Gasteiger partial charge is 0.509 e. The maximum atomic E-state index is 12.9. The number of benzene rings is 1. The van der Waals surface area contributed by atoms with Gasteiger partial charge < -0.3 is 28.3 Å². The zero-order chi connectivity index (χ0) is 18.8. The molecule has 0 spiro atoms. The van der Waals surface area contributed by atoms with Crippen molar-refractivity contribution in [2.24, 2.45) is 0 Å². The number of hydrogen-bond acceptors (Lipinski definition) is 4. The Balaban J connectivity index is 1.94. The van der Waals surface area contributed by atoms with Gasteiger partial charge in [0, 0.05) is 38.4 Å². The summed E-state index contributed by atoms with van der Waals surface area (Å²) in [4.78, 5) is 15.6. The van der Waals surface area contributed by atoms with Gasteiger partial charge in [0.15, 0.2) is 0 Å². The molecule has 1 saturated heterocycles. The minimum Gasteiger partial charge on any atom is -0.445 e. The third kappa shape index (κ3) is 5.84. The quantitative estimate of drug-likeness (QED) is 0.666. The van der Waals surface area contributed by atoms with E-state index in [4.69, 9.17) is 10.5 Å². The third-order valence-electron chi connectivity index (χ3n) is 3.85. The van der Waals surface area contributed by atoms with Gasteiger partial charge in [-0.05, 0) is 32.4 Å². The Morgan fingerprint density at radius 2 is 1.76 bits per heavy atom. The number of nitrogens with zero attached hydrogens (tertiary/aromatic N) is 2. The van der Waals surface area contributed by atoms with Crippen LogP contribution < -0.4 is 11.2 Å². The molecular weight excluding hydrogens is 334 g/mol. The van der Waals surface area contributed by atoms with E-state index in [2.05, 4.69) is 0 Å². The molecule has 0 aromatic heterocycles. The number of amides is 1. The number of halogens is 3. The highest BCUT2D eigenvalue weighted by Gasteiger charge is 2.28. The van der Waals surface area contributed by atoms with E-state index in [1.54, 1.807) is 31.7 Å². The van der Waals surface area contributed by atoms with E-state index in [1.807, 2.05) is 4.90 Å². The van der Waals surface area contributed by atoms with Crippen LogP contribution in [-0.4, -0.2) is 54.7 Å². The van der Waals surface area contributed by atoms with E-state index in [-0.39, 0.29) is 11.8 Å². The van der Waals surface area contributed by atoms with Gasteiger partial charge in [-0.2, -0.15) is 0 Å². The maximum absolute atomic E-state index is 12.9. The number of ether oxygens (including phenoxy) is 1. The van der Waals surface area contributed by atoms with E-state index in [0.717, 1.165) is 12.1 Å². The van der Waals surface area contributed by atoms with Crippen molar-refractivity contribution in [3.63, 3.8) is 0 Å². The molecule has 0 unspecified atom stereocenters. The average molecular weight is 358 g/mol. The van der Waals surface area contributed by atoms with Crippen LogP contribution in [0.3, 0.4) is 0 Å². The summed E-state index contributed by atoms with van der Waals surface area (Å²) in [5.74, 6) is 0. The number of carbonyl (C=O) groups is 1. The van der Waals surface area contributed by atoms with Crippen molar-refractivity contribution in [1.82, 2.24) is 9.80 Å². The molecule has 1 aliphatic heterocycles. The van der Waals surface area contributed by atoms with Crippen LogP contribution in [0, 0.1) is 0 Å². The minimum absolute atomic E-state index is 0.110. The standard InChI is InChI=1S/C16H24BF3N3O2/c1-16(2,3)25-15(24)23-6-4-22(5-7-23)11-12-8-13(17(18,19)20)10-14(21)9-12/h8-10H,4-7,11,21H2,1-3H3/q-1. The highest BCUT2D eigenvalue weighted by Crippen LogP contribution is 2.17. The van der Waals surface area contributed by atoms with Crippen molar-refractivity contribution in [2.75, 3.05) is 31.9 Å². The Morgan fingerprint density at radius 1 is 1.16 bits per heavy atom. The molecule has 5 nitrogen and oxygen atoms in total. The van der Waals surface area contributed by atoms with Gasteiger partial charge >= 0.3 is 13.1 Å². The highest BCUT2D eigenvalue weighted by atomic mass is 19.4. The third-order valence-corrected chi connectivity index (χ3v) is 3.85. The number of piperazine rings is 1. The fraction of sp³-hybridized carbons (Fsp3) is 0.562. The second-order valence-corrected chi connectivity index (χ2v) is 7.33. The van der Waals surface area contributed by atoms with E-state index >= 15 is 0 Å². The number of hydrogen-bond donors (Lipinski definition) is 1. The van der Waals surface area contributed by atoms with Crippen LogP contribution in [0.15, 0.2) is 18.2 Å². The Kier molecular flexibility index (Phi) is 5.56. The summed E-state index contributed by atoms with van der Waals surface area (Å²) < 4.78 is 44.1. The zero-order valence-corrected chi connectivity index (χ0v) is 14.8. The van der Waals surface area contributed by atoms with Crippen LogP contribution in [0.4, 0.5) is 23.4 Å². The summed E-state index contributed by atoms with van der Waals surface area (Å²) in [7, 11) is 0. The molecule has 1 aromatic rings. The second-order valence-electron chi connectivity index (χ2n) is 7.33. The molecule has 140 valence electrons. The monoisotopic (exact) mass is 358 g/mol. The SMILES string of the molecule is CC(C)(C)OC(=O)N1CCN(Cc2cc(N)cc([B-](F)(F)F)c2)CC1. The Morgan fingerprint density at radius 3 is 2.28 bits per heavy atom. The smallest absolute Gasteiger partial charge is 0.445 e. The Labute approximate surface area is 146 Å². The molecule has 1 aromatic carbocycles. The highest BCUT2D eigenvalue weighted by molar-refractivity contribution is 6.73. The first-order valence-electron chi connectivity index (χ1n) is 8.23. The van der Waals surface area contributed by atoms with E-state index in [9.17, 15) is 17.7 Å². The molecule has 1 fully saturated rings. The molecule has 1 heterocycles. The molecule has 1 amide bonds. The zero-order valence-electron chi connectivity index (χ0n) is 14.8. The molecule has 25 heavy (non-hydrogen) atoms. The summed E-state index contributed by atoms with van der Waals surface area (Å²) in [6, 6.07) is 3.67. The molecule has 0 saturated carbocycles. The average Bonchev–Trinajstić information content (AvgIpc) is 2.44. The van der Waals surface area contributed by atoms with Crippen LogP contribution in [0.25, 0.3) is 0 Å². The van der Waals surface area contributed by atoms with Crippen molar-refractivity contribution < 1.29 is 22.5 Å². The van der Waals surface area contributed by atoms with Crippen LogP contribution in [-0.2, 0) is 11.3 Å². The summed E-state index contributed by atoms with van der Waals surface area (Å²) in [5.41, 5.74) is 5.01. The Hall–Kier alpha value is -1.90. The van der Waals surface area contributed by atoms with Crippen molar-refractivity contribution >= 4 is 24.2 Å². The first-order valence-corrected chi connectivity index (χ1v) is 8.23. The number of nitrogen functional groups attached to an aromatic ring is 1. The van der Waals surface area contributed by atoms with Crippen molar-refractivity contribution in [2.45, 2.75) is 32.9 Å². The second kappa shape index (κ2) is 7.15. The van der Waals surface area contributed by atoms with E-state index in [1.165, 1.54) is 0 Å². The van der Waals surface area contributed by atoms with Gasteiger partial charge in [-0.1, -0.05) is 12.1 Å². The summed E-state index contributed by atoms with van der Waals surface area (Å²) in [6.45, 7) is 2.81. The number of carbonyl (C=O) groups excluding carboxylic acids is 1. The predicted molar refractivity (Wildman–Crippen MR) is 92.7 cm³/mol. The summed E-state index contributed by atoms with van der Waals surface area (Å²) in [6.07, 6.45) is -0.363. The first-order chi connectivity index (χ1) is 11.4. The van der Waals surface area contributed by atoms with Crippen molar-refractivity contribution in [1.29, 1.82) is 0 Å². The number of rotatable bonds is 3. The molecule has 0 aliphatic carbocycles. The Bertz CT molecular complexity index is 624.